The fourth-order valence-corrected chi connectivity index (χ4v) is 5.94. The zero-order valence-corrected chi connectivity index (χ0v) is 20.4. The number of amides is 1. The molecule has 0 saturated heterocycles. The SMILES string of the molecule is COC(=O)N1CCc2ccc3c(nc([C@@H]4CCCC(C(=O)O)C4)n3[C@H](C)Cc3ccccc3)c2C1. The van der Waals surface area contributed by atoms with Crippen LogP contribution in [0, 0.1) is 5.92 Å². The third-order valence-corrected chi connectivity index (χ3v) is 7.73. The highest BCUT2D eigenvalue weighted by molar-refractivity contribution is 5.82. The van der Waals surface area contributed by atoms with Gasteiger partial charge < -0.3 is 19.3 Å². The van der Waals surface area contributed by atoms with Gasteiger partial charge in [-0.3, -0.25) is 4.79 Å². The molecule has 1 fully saturated rings. The molecule has 1 aromatic heterocycles. The maximum absolute atomic E-state index is 12.3. The lowest BCUT2D eigenvalue weighted by Crippen LogP contribution is -2.35. The van der Waals surface area contributed by atoms with Crippen molar-refractivity contribution in [2.75, 3.05) is 13.7 Å². The summed E-state index contributed by atoms with van der Waals surface area (Å²) in [4.78, 5) is 31.0. The van der Waals surface area contributed by atoms with Crippen LogP contribution in [-0.2, 0) is 28.9 Å². The first-order valence-corrected chi connectivity index (χ1v) is 12.6. The molecule has 2 aliphatic rings. The Morgan fingerprint density at radius 2 is 1.97 bits per heavy atom. The number of aromatic nitrogens is 2. The number of ether oxygens (including phenoxy) is 1. The summed E-state index contributed by atoms with van der Waals surface area (Å²) in [5.41, 5.74) is 5.55. The Morgan fingerprint density at radius 3 is 2.71 bits per heavy atom. The number of hydrogen-bond donors (Lipinski definition) is 1. The van der Waals surface area contributed by atoms with Crippen LogP contribution in [0.15, 0.2) is 42.5 Å². The molecule has 1 amide bonds. The lowest BCUT2D eigenvalue weighted by molar-refractivity contribution is -0.143. The normalized spacial score (nSPS) is 20.9. The van der Waals surface area contributed by atoms with Crippen molar-refractivity contribution in [3.05, 3.63) is 65.0 Å². The van der Waals surface area contributed by atoms with Gasteiger partial charge in [-0.05, 0) is 56.2 Å². The zero-order valence-electron chi connectivity index (χ0n) is 20.4. The Kier molecular flexibility index (Phi) is 6.50. The predicted octanol–water partition coefficient (Wildman–Crippen LogP) is 5.32. The molecule has 2 heterocycles. The minimum Gasteiger partial charge on any atom is -0.481 e. The van der Waals surface area contributed by atoms with E-state index >= 15 is 0 Å². The van der Waals surface area contributed by atoms with Crippen LogP contribution >= 0.6 is 0 Å². The maximum Gasteiger partial charge on any atom is 0.409 e. The Balaban J connectivity index is 1.60. The number of carboxylic acid groups (broad SMARTS) is 1. The molecule has 0 radical (unpaired) electrons. The molecule has 0 bridgehead atoms. The van der Waals surface area contributed by atoms with Crippen molar-refractivity contribution in [2.45, 2.75) is 64.0 Å². The van der Waals surface area contributed by atoms with E-state index in [1.54, 1.807) is 4.90 Å². The molecule has 3 aromatic rings. The first kappa shape index (κ1) is 23.4. The predicted molar refractivity (Wildman–Crippen MR) is 133 cm³/mol. The zero-order chi connectivity index (χ0) is 24.5. The summed E-state index contributed by atoms with van der Waals surface area (Å²) in [6.07, 6.45) is 4.50. The highest BCUT2D eigenvalue weighted by Gasteiger charge is 2.33. The molecular formula is C28H33N3O4. The van der Waals surface area contributed by atoms with E-state index in [1.165, 1.54) is 18.2 Å². The van der Waals surface area contributed by atoms with Crippen LogP contribution in [0.3, 0.4) is 0 Å². The topological polar surface area (TPSA) is 84.7 Å². The maximum atomic E-state index is 12.3. The van der Waals surface area contributed by atoms with Crippen LogP contribution in [0.1, 0.15) is 67.1 Å². The summed E-state index contributed by atoms with van der Waals surface area (Å²) in [6, 6.07) is 14.9. The molecule has 7 heteroatoms. The number of carbonyl (C=O) groups is 2. The number of carboxylic acids is 1. The van der Waals surface area contributed by atoms with Crippen molar-refractivity contribution < 1.29 is 19.4 Å². The number of nitrogens with zero attached hydrogens (tertiary/aromatic N) is 3. The van der Waals surface area contributed by atoms with Crippen molar-refractivity contribution in [3.8, 4) is 0 Å². The summed E-state index contributed by atoms with van der Waals surface area (Å²) in [5.74, 6) is 0.0559. The number of methoxy groups -OCH3 is 1. The van der Waals surface area contributed by atoms with Crippen molar-refractivity contribution >= 4 is 23.1 Å². The quantitative estimate of drug-likeness (QED) is 0.540. The van der Waals surface area contributed by atoms with Crippen molar-refractivity contribution in [1.82, 2.24) is 14.5 Å². The second-order valence-electron chi connectivity index (χ2n) is 9.99. The molecule has 1 aliphatic carbocycles. The molecule has 35 heavy (non-hydrogen) atoms. The standard InChI is InChI=1S/C28H33N3O4/c1-18(15-19-7-4-3-5-8-19)31-24-12-11-20-13-14-30(28(34)35-2)17-23(20)25(24)29-26(31)21-9-6-10-22(16-21)27(32)33/h3-5,7-8,11-12,18,21-22H,6,9-10,13-17H2,1-2H3,(H,32,33)/t18-,21-,22?/m1/s1. The number of rotatable bonds is 5. The Morgan fingerprint density at radius 1 is 1.17 bits per heavy atom. The van der Waals surface area contributed by atoms with Crippen LogP contribution in [0.25, 0.3) is 11.0 Å². The van der Waals surface area contributed by atoms with Crippen molar-refractivity contribution in [2.24, 2.45) is 5.92 Å². The molecule has 5 rings (SSSR count). The van der Waals surface area contributed by atoms with E-state index in [2.05, 4.69) is 47.9 Å². The molecule has 1 unspecified atom stereocenters. The summed E-state index contributed by atoms with van der Waals surface area (Å²) in [5, 5.41) is 9.70. The van der Waals surface area contributed by atoms with Gasteiger partial charge in [-0.1, -0.05) is 42.8 Å². The average Bonchev–Trinajstić information content (AvgIpc) is 3.29. The van der Waals surface area contributed by atoms with E-state index in [9.17, 15) is 14.7 Å². The molecule has 1 saturated carbocycles. The summed E-state index contributed by atoms with van der Waals surface area (Å²) in [6.45, 7) is 3.33. The number of hydrogen-bond acceptors (Lipinski definition) is 4. The van der Waals surface area contributed by atoms with Gasteiger partial charge in [-0.15, -0.1) is 0 Å². The highest BCUT2D eigenvalue weighted by atomic mass is 16.5. The molecule has 3 atom stereocenters. The van der Waals surface area contributed by atoms with Crippen molar-refractivity contribution in [3.63, 3.8) is 0 Å². The van der Waals surface area contributed by atoms with Gasteiger partial charge in [0.25, 0.3) is 0 Å². The first-order valence-electron chi connectivity index (χ1n) is 12.6. The summed E-state index contributed by atoms with van der Waals surface area (Å²) in [7, 11) is 1.42. The first-order chi connectivity index (χ1) is 17.0. The molecule has 7 nitrogen and oxygen atoms in total. The van der Waals surface area contributed by atoms with Gasteiger partial charge in [0.05, 0.1) is 30.6 Å². The molecule has 184 valence electrons. The molecule has 0 spiro atoms. The Labute approximate surface area is 205 Å². The molecule has 1 N–H and O–H groups in total. The van der Waals surface area contributed by atoms with E-state index in [1.807, 2.05) is 6.07 Å². The van der Waals surface area contributed by atoms with Crippen LogP contribution in [0.5, 0.6) is 0 Å². The third kappa shape index (κ3) is 4.51. The Hall–Kier alpha value is -3.35. The fraction of sp³-hybridized carbons (Fsp3) is 0.464. The van der Waals surface area contributed by atoms with Gasteiger partial charge in [0.2, 0.25) is 0 Å². The lowest BCUT2D eigenvalue weighted by atomic mass is 9.81. The smallest absolute Gasteiger partial charge is 0.409 e. The Bertz CT molecular complexity index is 1240. The van der Waals surface area contributed by atoms with Crippen molar-refractivity contribution in [1.29, 1.82) is 0 Å². The van der Waals surface area contributed by atoms with Gasteiger partial charge in [0.1, 0.15) is 5.82 Å². The average molecular weight is 476 g/mol. The van der Waals surface area contributed by atoms with E-state index in [4.69, 9.17) is 9.72 Å². The molecular weight excluding hydrogens is 442 g/mol. The number of fused-ring (bicyclic) bond motifs is 3. The lowest BCUT2D eigenvalue weighted by Gasteiger charge is -2.28. The van der Waals surface area contributed by atoms with Crippen LogP contribution < -0.4 is 0 Å². The van der Waals surface area contributed by atoms with Crippen LogP contribution in [0.2, 0.25) is 0 Å². The highest BCUT2D eigenvalue weighted by Crippen LogP contribution is 2.40. The van der Waals surface area contributed by atoms with Gasteiger partial charge in [0.15, 0.2) is 0 Å². The van der Waals surface area contributed by atoms with E-state index in [0.717, 1.165) is 54.5 Å². The largest absolute Gasteiger partial charge is 0.481 e. The van der Waals surface area contributed by atoms with Crippen LogP contribution in [0.4, 0.5) is 4.79 Å². The summed E-state index contributed by atoms with van der Waals surface area (Å²) < 4.78 is 7.33. The number of imidazole rings is 1. The second-order valence-corrected chi connectivity index (χ2v) is 9.99. The van der Waals surface area contributed by atoms with Gasteiger partial charge in [-0.25, -0.2) is 9.78 Å². The fourth-order valence-electron chi connectivity index (χ4n) is 5.94. The molecule has 2 aromatic carbocycles. The number of carbonyl (C=O) groups excluding carboxylic acids is 1. The van der Waals surface area contributed by atoms with Gasteiger partial charge >= 0.3 is 12.1 Å². The monoisotopic (exact) mass is 475 g/mol. The minimum absolute atomic E-state index is 0.103. The van der Waals surface area contributed by atoms with E-state index in [-0.39, 0.29) is 24.0 Å². The minimum atomic E-state index is -0.708. The van der Waals surface area contributed by atoms with Gasteiger partial charge in [-0.2, -0.15) is 0 Å². The van der Waals surface area contributed by atoms with Gasteiger partial charge in [0, 0.05) is 24.1 Å². The number of benzene rings is 2. The van der Waals surface area contributed by atoms with E-state index in [0.29, 0.717) is 19.5 Å². The summed E-state index contributed by atoms with van der Waals surface area (Å²) >= 11 is 0. The van der Waals surface area contributed by atoms with Crippen LogP contribution in [-0.4, -0.2) is 45.3 Å². The third-order valence-electron chi connectivity index (χ3n) is 7.73. The van der Waals surface area contributed by atoms with E-state index < -0.39 is 5.97 Å². The molecule has 1 aliphatic heterocycles. The number of aliphatic carboxylic acids is 1. The second kappa shape index (κ2) is 9.72.